The minimum atomic E-state index is -4.59. The van der Waals surface area contributed by atoms with Gasteiger partial charge in [0.25, 0.3) is 6.43 Å². The monoisotopic (exact) mass is 429 g/mol. The molecule has 2 aliphatic rings. The standard InChI is InChI=1S/C20H24F5N5/c1-9(2)30-16(18-12-4-11(5-13(12)18)27-8-17(21)22)6-15(29-30)10-3-14(20(23,24)25)19(26)28-7-10/h3,6-7,9,11-13,17-18,27H,4-5,8H2,1-2H3,(H2,26,28). The van der Waals surface area contributed by atoms with Crippen molar-refractivity contribution in [2.45, 2.75) is 57.3 Å². The number of anilines is 1. The van der Waals surface area contributed by atoms with Gasteiger partial charge in [0.15, 0.2) is 0 Å². The fourth-order valence-corrected chi connectivity index (χ4v) is 4.76. The summed E-state index contributed by atoms with van der Waals surface area (Å²) in [7, 11) is 0. The van der Waals surface area contributed by atoms with E-state index in [1.165, 1.54) is 6.20 Å². The molecule has 0 bridgehead atoms. The van der Waals surface area contributed by atoms with Crippen LogP contribution in [-0.2, 0) is 6.18 Å². The predicted molar refractivity (Wildman–Crippen MR) is 102 cm³/mol. The van der Waals surface area contributed by atoms with E-state index >= 15 is 0 Å². The van der Waals surface area contributed by atoms with Crippen molar-refractivity contribution < 1.29 is 22.0 Å². The molecule has 2 saturated carbocycles. The number of aromatic nitrogens is 3. The van der Waals surface area contributed by atoms with E-state index in [9.17, 15) is 22.0 Å². The number of hydrogen-bond acceptors (Lipinski definition) is 4. The molecule has 2 heterocycles. The third-order valence-electron chi connectivity index (χ3n) is 6.12. The lowest BCUT2D eigenvalue weighted by Crippen LogP contribution is -2.32. The van der Waals surface area contributed by atoms with Crippen molar-refractivity contribution in [2.24, 2.45) is 11.8 Å². The lowest BCUT2D eigenvalue weighted by molar-refractivity contribution is -0.137. The Hall–Kier alpha value is -2.23. The summed E-state index contributed by atoms with van der Waals surface area (Å²) in [4.78, 5) is 3.71. The fraction of sp³-hybridized carbons (Fsp3) is 0.600. The molecule has 0 aromatic carbocycles. The van der Waals surface area contributed by atoms with Gasteiger partial charge in [-0.05, 0) is 50.7 Å². The van der Waals surface area contributed by atoms with E-state index in [0.717, 1.165) is 24.6 Å². The van der Waals surface area contributed by atoms with E-state index < -0.39 is 24.0 Å². The van der Waals surface area contributed by atoms with Gasteiger partial charge in [-0.15, -0.1) is 0 Å². The quantitative estimate of drug-likeness (QED) is 0.665. The van der Waals surface area contributed by atoms with Crippen molar-refractivity contribution in [3.05, 3.63) is 29.6 Å². The number of fused-ring (bicyclic) bond motifs is 1. The lowest BCUT2D eigenvalue weighted by atomic mass is 10.0. The predicted octanol–water partition coefficient (Wildman–Crippen LogP) is 4.47. The van der Waals surface area contributed by atoms with Gasteiger partial charge in [-0.3, -0.25) is 4.68 Å². The minimum Gasteiger partial charge on any atom is -0.383 e. The second-order valence-corrected chi connectivity index (χ2v) is 8.47. The normalized spacial score (nSPS) is 25.9. The van der Waals surface area contributed by atoms with Crippen molar-refractivity contribution >= 4 is 5.82 Å². The van der Waals surface area contributed by atoms with Gasteiger partial charge < -0.3 is 11.1 Å². The largest absolute Gasteiger partial charge is 0.419 e. The molecule has 2 unspecified atom stereocenters. The molecule has 10 heteroatoms. The van der Waals surface area contributed by atoms with Gasteiger partial charge >= 0.3 is 6.18 Å². The summed E-state index contributed by atoms with van der Waals surface area (Å²) in [6.45, 7) is 3.64. The molecule has 0 radical (unpaired) electrons. The van der Waals surface area contributed by atoms with Gasteiger partial charge in [0.1, 0.15) is 5.82 Å². The Kier molecular flexibility index (Phi) is 5.24. The van der Waals surface area contributed by atoms with Crippen molar-refractivity contribution in [1.82, 2.24) is 20.1 Å². The van der Waals surface area contributed by atoms with E-state index in [-0.39, 0.29) is 30.1 Å². The first-order valence-corrected chi connectivity index (χ1v) is 10.00. The average molecular weight is 429 g/mol. The summed E-state index contributed by atoms with van der Waals surface area (Å²) in [6.07, 6.45) is -4.01. The zero-order valence-electron chi connectivity index (χ0n) is 16.6. The minimum absolute atomic E-state index is 0.0339. The maximum atomic E-state index is 13.2. The molecule has 2 aliphatic carbocycles. The van der Waals surface area contributed by atoms with Crippen LogP contribution in [0.1, 0.15) is 49.9 Å². The molecule has 5 nitrogen and oxygen atoms in total. The highest BCUT2D eigenvalue weighted by Crippen LogP contribution is 2.63. The summed E-state index contributed by atoms with van der Waals surface area (Å²) >= 11 is 0. The molecule has 2 atom stereocenters. The number of nitrogens with zero attached hydrogens (tertiary/aromatic N) is 3. The van der Waals surface area contributed by atoms with Gasteiger partial charge in [-0.25, -0.2) is 13.8 Å². The fourth-order valence-electron chi connectivity index (χ4n) is 4.76. The van der Waals surface area contributed by atoms with Crippen LogP contribution < -0.4 is 11.1 Å². The second-order valence-electron chi connectivity index (χ2n) is 8.47. The maximum absolute atomic E-state index is 13.2. The topological polar surface area (TPSA) is 68.8 Å². The average Bonchev–Trinajstić information content (AvgIpc) is 3.02. The Bertz CT molecular complexity index is 911. The molecule has 4 rings (SSSR count). The van der Waals surface area contributed by atoms with E-state index in [4.69, 9.17) is 5.73 Å². The van der Waals surface area contributed by atoms with E-state index in [0.29, 0.717) is 17.5 Å². The number of nitrogens with two attached hydrogens (primary N) is 1. The molecule has 2 aromatic rings. The van der Waals surface area contributed by atoms with Gasteiger partial charge in [0.2, 0.25) is 0 Å². The van der Waals surface area contributed by atoms with Gasteiger partial charge in [0.05, 0.1) is 17.8 Å². The van der Waals surface area contributed by atoms with Crippen molar-refractivity contribution in [1.29, 1.82) is 0 Å². The van der Waals surface area contributed by atoms with Crippen LogP contribution >= 0.6 is 0 Å². The van der Waals surface area contributed by atoms with Gasteiger partial charge in [0, 0.05) is 35.5 Å². The molecule has 0 amide bonds. The highest BCUT2D eigenvalue weighted by atomic mass is 19.4. The van der Waals surface area contributed by atoms with Gasteiger partial charge in [-0.1, -0.05) is 0 Å². The van der Waals surface area contributed by atoms with Crippen LogP contribution in [0.2, 0.25) is 0 Å². The van der Waals surface area contributed by atoms with Crippen LogP contribution in [0, 0.1) is 11.8 Å². The van der Waals surface area contributed by atoms with E-state index in [1.807, 2.05) is 24.6 Å². The summed E-state index contributed by atoms with van der Waals surface area (Å²) in [5, 5.41) is 7.46. The Morgan fingerprint density at radius 1 is 1.20 bits per heavy atom. The van der Waals surface area contributed by atoms with Crippen LogP contribution in [0.3, 0.4) is 0 Å². The summed E-state index contributed by atoms with van der Waals surface area (Å²) in [5.74, 6) is 0.464. The SMILES string of the molecule is CC(C)n1nc(-c2cnc(N)c(C(F)(F)F)c2)cc1C1C2CC(NCC(F)F)CC21. The summed E-state index contributed by atoms with van der Waals surface area (Å²) in [6, 6.07) is 2.94. The molecule has 3 N–H and O–H groups in total. The zero-order chi connectivity index (χ0) is 21.8. The first-order valence-electron chi connectivity index (χ1n) is 10.00. The number of nitrogens with one attached hydrogen (secondary N) is 1. The van der Waals surface area contributed by atoms with Gasteiger partial charge in [-0.2, -0.15) is 18.3 Å². The van der Waals surface area contributed by atoms with Crippen molar-refractivity contribution in [2.75, 3.05) is 12.3 Å². The molecule has 164 valence electrons. The van der Waals surface area contributed by atoms with Crippen LogP contribution in [0.15, 0.2) is 18.3 Å². The summed E-state index contributed by atoms with van der Waals surface area (Å²) in [5.41, 5.74) is 6.10. The Labute approximate surface area is 170 Å². The molecule has 30 heavy (non-hydrogen) atoms. The van der Waals surface area contributed by atoms with Crippen LogP contribution in [0.4, 0.5) is 27.8 Å². The molecular weight excluding hydrogens is 405 g/mol. The van der Waals surface area contributed by atoms with Crippen LogP contribution in [0.5, 0.6) is 0 Å². The summed E-state index contributed by atoms with van der Waals surface area (Å²) < 4.78 is 66.3. The highest BCUT2D eigenvalue weighted by Gasteiger charge is 2.57. The van der Waals surface area contributed by atoms with E-state index in [2.05, 4.69) is 15.4 Å². The number of halogens is 5. The molecule has 2 fully saturated rings. The molecule has 2 aromatic heterocycles. The first kappa shape index (κ1) is 21.0. The zero-order valence-corrected chi connectivity index (χ0v) is 16.6. The Morgan fingerprint density at radius 2 is 1.87 bits per heavy atom. The first-order chi connectivity index (χ1) is 14.1. The molecule has 0 saturated heterocycles. The number of hydrogen-bond donors (Lipinski definition) is 2. The van der Waals surface area contributed by atoms with E-state index in [1.54, 1.807) is 0 Å². The van der Waals surface area contributed by atoms with Crippen molar-refractivity contribution in [3.8, 4) is 11.3 Å². The van der Waals surface area contributed by atoms with Crippen molar-refractivity contribution in [3.63, 3.8) is 0 Å². The molecular formula is C20H24F5N5. The highest BCUT2D eigenvalue weighted by molar-refractivity contribution is 5.63. The maximum Gasteiger partial charge on any atom is 0.419 e. The number of nitrogen functional groups attached to an aromatic ring is 1. The Morgan fingerprint density at radius 3 is 2.43 bits per heavy atom. The molecule has 0 spiro atoms. The third kappa shape index (κ3) is 3.89. The number of rotatable bonds is 6. The number of pyridine rings is 1. The lowest BCUT2D eigenvalue weighted by Gasteiger charge is -2.17. The number of alkyl halides is 5. The smallest absolute Gasteiger partial charge is 0.383 e. The van der Waals surface area contributed by atoms with Crippen LogP contribution in [0.25, 0.3) is 11.3 Å². The van der Waals surface area contributed by atoms with Crippen LogP contribution in [-0.4, -0.2) is 33.8 Å². The second kappa shape index (κ2) is 7.47. The third-order valence-corrected chi connectivity index (χ3v) is 6.12. The molecule has 0 aliphatic heterocycles. The Balaban J connectivity index is 1.57.